The number of ether oxygens (including phenoxy) is 1. The number of methoxy groups -OCH3 is 1. The largest absolute Gasteiger partial charge is 0.496 e. The van der Waals surface area contributed by atoms with Gasteiger partial charge in [0.15, 0.2) is 10.6 Å². The number of aromatic nitrogens is 2. The summed E-state index contributed by atoms with van der Waals surface area (Å²) in [5.74, 6) is 0.798. The molecule has 0 saturated carbocycles. The number of rotatable bonds is 4. The van der Waals surface area contributed by atoms with Crippen molar-refractivity contribution in [1.82, 2.24) is 9.55 Å². The van der Waals surface area contributed by atoms with Gasteiger partial charge in [0.05, 0.1) is 30.4 Å². The maximum absolute atomic E-state index is 9.11. The lowest BCUT2D eigenvalue weighted by Crippen LogP contribution is -2.17. The highest BCUT2D eigenvalue weighted by Crippen LogP contribution is 2.24. The SMILES string of the molecule is COc1ccc(Cl)cc1C(=N/C#N)/N=c1\sc(C)cn1Cc1cscn1. The van der Waals surface area contributed by atoms with E-state index in [1.165, 1.54) is 11.3 Å². The predicted octanol–water partition coefficient (Wildman–Crippen LogP) is 3.85. The van der Waals surface area contributed by atoms with Crippen LogP contribution in [0.4, 0.5) is 0 Å². The van der Waals surface area contributed by atoms with E-state index in [4.69, 9.17) is 21.6 Å². The topological polar surface area (TPSA) is 75.6 Å². The number of halogens is 1. The number of thiazole rings is 2. The van der Waals surface area contributed by atoms with Crippen LogP contribution in [0, 0.1) is 18.4 Å². The highest BCUT2D eigenvalue weighted by molar-refractivity contribution is 7.09. The Labute approximate surface area is 163 Å². The van der Waals surface area contributed by atoms with E-state index >= 15 is 0 Å². The first-order chi connectivity index (χ1) is 12.6. The van der Waals surface area contributed by atoms with Crippen LogP contribution in [0.25, 0.3) is 0 Å². The van der Waals surface area contributed by atoms with Gasteiger partial charge in [0.2, 0.25) is 6.19 Å². The number of nitrogens with zero attached hydrogens (tertiary/aromatic N) is 5. The Balaban J connectivity index is 2.11. The lowest BCUT2D eigenvalue weighted by Gasteiger charge is -2.07. The van der Waals surface area contributed by atoms with Crippen LogP contribution in [0.3, 0.4) is 0 Å². The van der Waals surface area contributed by atoms with Crippen LogP contribution >= 0.6 is 34.3 Å². The molecule has 6 nitrogen and oxygen atoms in total. The highest BCUT2D eigenvalue weighted by atomic mass is 35.5. The molecule has 0 unspecified atom stereocenters. The van der Waals surface area contributed by atoms with Gasteiger partial charge in [-0.1, -0.05) is 11.6 Å². The summed E-state index contributed by atoms with van der Waals surface area (Å²) in [5, 5.41) is 11.6. The second-order valence-corrected chi connectivity index (χ2v) is 7.59. The van der Waals surface area contributed by atoms with Crippen LogP contribution in [-0.2, 0) is 6.54 Å². The van der Waals surface area contributed by atoms with Gasteiger partial charge in [-0.3, -0.25) is 0 Å². The van der Waals surface area contributed by atoms with E-state index in [0.29, 0.717) is 27.7 Å². The van der Waals surface area contributed by atoms with Crippen molar-refractivity contribution in [3.05, 3.63) is 61.2 Å². The molecule has 0 atom stereocenters. The first kappa shape index (κ1) is 18.3. The number of aryl methyl sites for hydroxylation is 1. The third kappa shape index (κ3) is 4.19. The molecule has 0 N–H and O–H groups in total. The average molecular weight is 404 g/mol. The van der Waals surface area contributed by atoms with Crippen LogP contribution in [-0.4, -0.2) is 22.5 Å². The zero-order chi connectivity index (χ0) is 18.5. The highest BCUT2D eigenvalue weighted by Gasteiger charge is 2.12. The minimum atomic E-state index is 0.251. The molecule has 0 amide bonds. The maximum atomic E-state index is 9.11. The van der Waals surface area contributed by atoms with Gasteiger partial charge in [0.25, 0.3) is 0 Å². The molecular weight excluding hydrogens is 390 g/mol. The molecule has 0 fully saturated rings. The second-order valence-electron chi connectivity index (χ2n) is 5.22. The van der Waals surface area contributed by atoms with E-state index < -0.39 is 0 Å². The Bertz CT molecular complexity index is 1040. The summed E-state index contributed by atoms with van der Waals surface area (Å²) in [4.78, 5) is 14.6. The molecule has 0 bridgehead atoms. The van der Waals surface area contributed by atoms with Gasteiger partial charge >= 0.3 is 0 Å². The van der Waals surface area contributed by atoms with Crippen molar-refractivity contribution in [2.24, 2.45) is 9.98 Å². The van der Waals surface area contributed by atoms with Crippen molar-refractivity contribution in [3.63, 3.8) is 0 Å². The van der Waals surface area contributed by atoms with Gasteiger partial charge in [0, 0.05) is 21.5 Å². The quantitative estimate of drug-likeness (QED) is 0.377. The molecule has 0 spiro atoms. The molecule has 9 heteroatoms. The Morgan fingerprint density at radius 2 is 2.31 bits per heavy atom. The Kier molecular flexibility index (Phi) is 5.83. The summed E-state index contributed by atoms with van der Waals surface area (Å²) in [6, 6.07) is 5.12. The van der Waals surface area contributed by atoms with Crippen molar-refractivity contribution >= 4 is 40.1 Å². The van der Waals surface area contributed by atoms with E-state index in [-0.39, 0.29) is 5.84 Å². The summed E-state index contributed by atoms with van der Waals surface area (Å²) < 4.78 is 7.35. The van der Waals surface area contributed by atoms with Crippen LogP contribution in [0.15, 0.2) is 45.3 Å². The van der Waals surface area contributed by atoms with Crippen molar-refractivity contribution in [3.8, 4) is 11.9 Å². The Morgan fingerprint density at radius 1 is 1.46 bits per heavy atom. The first-order valence-electron chi connectivity index (χ1n) is 7.50. The van der Waals surface area contributed by atoms with E-state index in [9.17, 15) is 0 Å². The molecule has 26 heavy (non-hydrogen) atoms. The monoisotopic (exact) mass is 403 g/mol. The van der Waals surface area contributed by atoms with Crippen LogP contribution in [0.5, 0.6) is 5.75 Å². The molecule has 1 aromatic carbocycles. The Hall–Kier alpha value is -2.47. The van der Waals surface area contributed by atoms with Gasteiger partial charge in [-0.25, -0.2) is 4.98 Å². The third-order valence-corrected chi connectivity index (χ3v) is 5.22. The van der Waals surface area contributed by atoms with Crippen LogP contribution in [0.2, 0.25) is 5.02 Å². The molecule has 0 aliphatic heterocycles. The van der Waals surface area contributed by atoms with Crippen LogP contribution < -0.4 is 9.54 Å². The zero-order valence-corrected chi connectivity index (χ0v) is 16.4. The lowest BCUT2D eigenvalue weighted by molar-refractivity contribution is 0.414. The number of hydrogen-bond donors (Lipinski definition) is 0. The fraction of sp³-hybridized carbons (Fsp3) is 0.176. The number of amidine groups is 1. The van der Waals surface area contributed by atoms with Crippen LogP contribution in [0.1, 0.15) is 16.1 Å². The fourth-order valence-electron chi connectivity index (χ4n) is 2.33. The summed E-state index contributed by atoms with van der Waals surface area (Å²) in [6.45, 7) is 2.60. The smallest absolute Gasteiger partial charge is 0.207 e. The molecule has 2 aromatic heterocycles. The predicted molar refractivity (Wildman–Crippen MR) is 104 cm³/mol. The third-order valence-electron chi connectivity index (χ3n) is 3.41. The van der Waals surface area contributed by atoms with Gasteiger partial charge in [0.1, 0.15) is 5.75 Å². The van der Waals surface area contributed by atoms with Crippen molar-refractivity contribution in [2.45, 2.75) is 13.5 Å². The summed E-state index contributed by atoms with van der Waals surface area (Å²) in [6.07, 6.45) is 3.81. The second kappa shape index (κ2) is 8.27. The van der Waals surface area contributed by atoms with E-state index in [1.807, 2.05) is 29.3 Å². The van der Waals surface area contributed by atoms with Gasteiger partial charge < -0.3 is 9.30 Å². The van der Waals surface area contributed by atoms with Crippen molar-refractivity contribution < 1.29 is 4.74 Å². The summed E-state index contributed by atoms with van der Waals surface area (Å²) in [7, 11) is 1.55. The normalized spacial score (nSPS) is 12.2. The molecule has 0 saturated heterocycles. The van der Waals surface area contributed by atoms with Crippen molar-refractivity contribution in [1.29, 1.82) is 5.26 Å². The molecule has 0 radical (unpaired) electrons. The van der Waals surface area contributed by atoms with E-state index in [2.05, 4.69) is 15.0 Å². The minimum absolute atomic E-state index is 0.251. The first-order valence-corrected chi connectivity index (χ1v) is 9.64. The van der Waals surface area contributed by atoms with Gasteiger partial charge in [-0.15, -0.1) is 22.7 Å². The number of hydrogen-bond acceptors (Lipinski definition) is 6. The number of benzene rings is 1. The number of nitriles is 1. The average Bonchev–Trinajstić information content (AvgIpc) is 3.24. The summed E-state index contributed by atoms with van der Waals surface area (Å²) >= 11 is 9.16. The molecule has 132 valence electrons. The maximum Gasteiger partial charge on any atom is 0.207 e. The molecule has 3 aromatic rings. The zero-order valence-electron chi connectivity index (χ0n) is 14.0. The van der Waals surface area contributed by atoms with Gasteiger partial charge in [-0.05, 0) is 25.1 Å². The molecule has 3 rings (SSSR count). The van der Waals surface area contributed by atoms with E-state index in [0.717, 1.165) is 10.6 Å². The standard InChI is InChI=1S/C17H14ClN5OS2/c1-11-6-23(7-13-8-25-10-21-13)17(26-11)22-16(20-9-19)14-5-12(18)3-4-15(14)24-2/h3-6,8,10H,7H2,1-2H3/b20-16-,22-17-. The summed E-state index contributed by atoms with van der Waals surface area (Å²) in [5.41, 5.74) is 3.31. The van der Waals surface area contributed by atoms with Crippen molar-refractivity contribution in [2.75, 3.05) is 7.11 Å². The molecule has 0 aliphatic rings. The lowest BCUT2D eigenvalue weighted by atomic mass is 10.2. The molecule has 2 heterocycles. The minimum Gasteiger partial charge on any atom is -0.496 e. The Morgan fingerprint density at radius 3 is 3.00 bits per heavy atom. The molecule has 0 aliphatic carbocycles. The number of aliphatic imine (C=N–C) groups is 1. The fourth-order valence-corrected chi connectivity index (χ4v) is 3.89. The van der Waals surface area contributed by atoms with E-state index in [1.54, 1.807) is 42.2 Å². The molecular formula is C17H14ClN5OS2. The van der Waals surface area contributed by atoms with Gasteiger partial charge in [-0.2, -0.15) is 15.2 Å².